The van der Waals surface area contributed by atoms with Crippen LogP contribution in [0, 0.1) is 12.4 Å². The molecule has 6 rings (SSSR count). The van der Waals surface area contributed by atoms with Crippen molar-refractivity contribution in [3.63, 3.8) is 0 Å². The van der Waals surface area contributed by atoms with Gasteiger partial charge in [-0.25, -0.2) is 15.8 Å². The Hall–Kier alpha value is -4.27. The van der Waals surface area contributed by atoms with Crippen LogP contribution in [0.5, 0.6) is 6.01 Å². The monoisotopic (exact) mass is 631 g/mol. The molecule has 12 heteroatoms. The van der Waals surface area contributed by atoms with Gasteiger partial charge >= 0.3 is 12.1 Å². The topological polar surface area (TPSA) is 88.3 Å². The Labute approximate surface area is 266 Å². The minimum Gasteiger partial charge on any atom is -0.462 e. The van der Waals surface area contributed by atoms with E-state index in [1.54, 1.807) is 23.2 Å². The number of rotatable bonds is 6. The predicted octanol–water partition coefficient (Wildman–Crippen LogP) is 6.07. The number of hydrogen-bond acceptors (Lipinski definition) is 8. The first-order valence-electron chi connectivity index (χ1n) is 15.0. The molecule has 4 aromatic rings. The molecule has 0 radical (unpaired) electrons. The minimum atomic E-state index is -0.671. The molecule has 2 aliphatic rings. The summed E-state index contributed by atoms with van der Waals surface area (Å²) in [6.07, 6.45) is 2.10. The van der Waals surface area contributed by atoms with Crippen LogP contribution in [-0.2, 0) is 4.74 Å². The second-order valence-corrected chi connectivity index (χ2v) is 12.9. The zero-order valence-electron chi connectivity index (χ0n) is 25.8. The number of carbonyl (C=O) groups is 1. The highest BCUT2D eigenvalue weighted by molar-refractivity contribution is 6.36. The van der Waals surface area contributed by atoms with Gasteiger partial charge in [0.25, 0.3) is 0 Å². The maximum absolute atomic E-state index is 16.6. The van der Waals surface area contributed by atoms with E-state index in [1.165, 1.54) is 0 Å². The van der Waals surface area contributed by atoms with Gasteiger partial charge in [0.2, 0.25) is 6.54 Å². The van der Waals surface area contributed by atoms with Gasteiger partial charge in [0.05, 0.1) is 5.39 Å². The van der Waals surface area contributed by atoms with Crippen LogP contribution in [0.25, 0.3) is 37.8 Å². The van der Waals surface area contributed by atoms with Crippen LogP contribution >= 0.6 is 11.6 Å². The molecule has 0 saturated carbocycles. The first-order valence-corrected chi connectivity index (χ1v) is 15.4. The van der Waals surface area contributed by atoms with E-state index in [9.17, 15) is 4.79 Å². The van der Waals surface area contributed by atoms with Crippen molar-refractivity contribution < 1.29 is 18.7 Å². The number of ether oxygens (including phenoxy) is 2. The summed E-state index contributed by atoms with van der Waals surface area (Å²) in [6.45, 7) is 15.4. The van der Waals surface area contributed by atoms with Crippen LogP contribution in [0.3, 0.4) is 0 Å². The van der Waals surface area contributed by atoms with Crippen molar-refractivity contribution in [2.45, 2.75) is 44.9 Å². The molecular weight excluding hydrogens is 597 g/mol. The zero-order valence-corrected chi connectivity index (χ0v) is 26.5. The number of aromatic nitrogens is 3. The van der Waals surface area contributed by atoms with Gasteiger partial charge in [-0.05, 0) is 52.2 Å². The van der Waals surface area contributed by atoms with Crippen LogP contribution in [-0.4, -0.2) is 94.9 Å². The molecule has 0 aliphatic carbocycles. The number of piperazine rings is 1. The standard InChI is InChI=1S/C33H35ClFN7O3/c1-33(2,3)45-32(43)42-15-14-41(18-22(42)16-36-4)30-24-17-37-28(23-10-6-8-20-9-7-11-25(34)26(20)23)27(35)29(24)38-31(39-30)44-19-21-12-13-40(21)5/h6-11,17,21-22H,12-16,18-19H2,1-3,5H3/t21?,22-/m0/s1. The lowest BCUT2D eigenvalue weighted by molar-refractivity contribution is 0.0155. The van der Waals surface area contributed by atoms with E-state index < -0.39 is 23.6 Å². The number of pyridine rings is 1. The first-order chi connectivity index (χ1) is 21.5. The van der Waals surface area contributed by atoms with Crippen molar-refractivity contribution in [2.24, 2.45) is 0 Å². The summed E-state index contributed by atoms with van der Waals surface area (Å²) < 4.78 is 28.3. The number of anilines is 1. The second kappa shape index (κ2) is 12.3. The maximum Gasteiger partial charge on any atom is 0.410 e. The molecular formula is C33H35ClFN7O3. The fraction of sp³-hybridized carbons (Fsp3) is 0.424. The highest BCUT2D eigenvalue weighted by atomic mass is 35.5. The fourth-order valence-electron chi connectivity index (χ4n) is 5.83. The molecule has 4 heterocycles. The zero-order chi connectivity index (χ0) is 31.9. The lowest BCUT2D eigenvalue weighted by atomic mass is 10.0. The number of hydrogen-bond donors (Lipinski definition) is 0. The highest BCUT2D eigenvalue weighted by Crippen LogP contribution is 2.37. The van der Waals surface area contributed by atoms with Crippen molar-refractivity contribution in [1.29, 1.82) is 0 Å². The average Bonchev–Trinajstić information content (AvgIpc) is 2.99. The van der Waals surface area contributed by atoms with Gasteiger partial charge in [0.15, 0.2) is 5.82 Å². The van der Waals surface area contributed by atoms with Gasteiger partial charge in [-0.1, -0.05) is 41.9 Å². The van der Waals surface area contributed by atoms with E-state index in [2.05, 4.69) is 19.7 Å². The minimum absolute atomic E-state index is 0.0566. The van der Waals surface area contributed by atoms with Gasteiger partial charge in [-0.3, -0.25) is 14.8 Å². The second-order valence-electron chi connectivity index (χ2n) is 12.5. The first kappa shape index (κ1) is 30.7. The van der Waals surface area contributed by atoms with E-state index >= 15 is 4.39 Å². The number of carbonyl (C=O) groups excluding carboxylic acids is 1. The quantitative estimate of drug-likeness (QED) is 0.237. The summed E-state index contributed by atoms with van der Waals surface area (Å²) in [6, 6.07) is 10.9. The van der Waals surface area contributed by atoms with Gasteiger partial charge in [-0.15, -0.1) is 0 Å². The molecule has 0 spiro atoms. The number of benzene rings is 2. The largest absolute Gasteiger partial charge is 0.462 e. The summed E-state index contributed by atoms with van der Waals surface area (Å²) in [5.41, 5.74) is 0.0770. The van der Waals surface area contributed by atoms with E-state index in [4.69, 9.17) is 32.6 Å². The van der Waals surface area contributed by atoms with Crippen molar-refractivity contribution >= 4 is 45.2 Å². The Kier molecular flexibility index (Phi) is 8.37. The van der Waals surface area contributed by atoms with Crippen LogP contribution in [0.15, 0.2) is 42.6 Å². The third-order valence-corrected chi connectivity index (χ3v) is 8.62. The molecule has 2 aromatic heterocycles. The number of likely N-dealkylation sites (tertiary alicyclic amines) is 1. The van der Waals surface area contributed by atoms with E-state index in [1.807, 2.05) is 57.0 Å². The smallest absolute Gasteiger partial charge is 0.410 e. The van der Waals surface area contributed by atoms with E-state index in [0.29, 0.717) is 53.4 Å². The Bertz CT molecular complexity index is 1800. The molecule has 1 unspecified atom stereocenters. The van der Waals surface area contributed by atoms with Crippen molar-refractivity contribution in [1.82, 2.24) is 24.8 Å². The predicted molar refractivity (Wildman–Crippen MR) is 172 cm³/mol. The summed E-state index contributed by atoms with van der Waals surface area (Å²) in [7, 11) is 2.03. The van der Waals surface area contributed by atoms with Gasteiger partial charge in [0, 0.05) is 47.8 Å². The highest BCUT2D eigenvalue weighted by Gasteiger charge is 2.37. The maximum atomic E-state index is 16.6. The third-order valence-electron chi connectivity index (χ3n) is 8.31. The van der Waals surface area contributed by atoms with Crippen LogP contribution in [0.2, 0.25) is 5.02 Å². The van der Waals surface area contributed by atoms with E-state index in [-0.39, 0.29) is 29.8 Å². The molecule has 1 amide bonds. The molecule has 2 saturated heterocycles. The summed E-state index contributed by atoms with van der Waals surface area (Å²) in [5.74, 6) is -0.177. The molecule has 2 aliphatic heterocycles. The normalized spacial score (nSPS) is 19.0. The summed E-state index contributed by atoms with van der Waals surface area (Å²) in [4.78, 5) is 36.2. The fourth-order valence-corrected chi connectivity index (χ4v) is 6.11. The Morgan fingerprint density at radius 3 is 2.60 bits per heavy atom. The number of nitrogens with zero attached hydrogens (tertiary/aromatic N) is 7. The summed E-state index contributed by atoms with van der Waals surface area (Å²) in [5, 5.41) is 2.47. The van der Waals surface area contributed by atoms with Gasteiger partial charge in [0.1, 0.15) is 35.3 Å². The van der Waals surface area contributed by atoms with Crippen molar-refractivity contribution in [3.8, 4) is 17.3 Å². The molecule has 2 aromatic carbocycles. The van der Waals surface area contributed by atoms with Crippen LogP contribution in [0.4, 0.5) is 15.0 Å². The number of fused-ring (bicyclic) bond motifs is 2. The molecule has 0 bridgehead atoms. The lowest BCUT2D eigenvalue weighted by Gasteiger charge is -2.40. The third kappa shape index (κ3) is 6.17. The molecule has 10 nitrogen and oxygen atoms in total. The van der Waals surface area contributed by atoms with Crippen molar-refractivity contribution in [2.75, 3.05) is 51.3 Å². The Balaban J connectivity index is 1.42. The molecule has 45 heavy (non-hydrogen) atoms. The average molecular weight is 632 g/mol. The van der Waals surface area contributed by atoms with Crippen molar-refractivity contribution in [3.05, 3.63) is 64.9 Å². The molecule has 234 valence electrons. The number of halogens is 2. The van der Waals surface area contributed by atoms with E-state index in [0.717, 1.165) is 18.4 Å². The van der Waals surface area contributed by atoms with Crippen LogP contribution < -0.4 is 9.64 Å². The Morgan fingerprint density at radius 1 is 1.13 bits per heavy atom. The van der Waals surface area contributed by atoms with Gasteiger partial charge < -0.3 is 19.2 Å². The lowest BCUT2D eigenvalue weighted by Crippen LogP contribution is -2.57. The van der Waals surface area contributed by atoms with Gasteiger partial charge in [-0.2, -0.15) is 9.97 Å². The number of likely N-dealkylation sites (N-methyl/N-ethyl adjacent to an activating group) is 1. The molecule has 0 N–H and O–H groups in total. The molecule has 2 fully saturated rings. The van der Waals surface area contributed by atoms with Crippen LogP contribution in [0.1, 0.15) is 27.2 Å². The summed E-state index contributed by atoms with van der Waals surface area (Å²) >= 11 is 6.58. The number of amides is 1. The molecule has 2 atom stereocenters. The Morgan fingerprint density at radius 2 is 1.91 bits per heavy atom. The SMILES string of the molecule is [C-]#[N+]C[C@H]1CN(c2nc(OCC3CCN3C)nc3c(F)c(-c4cccc5cccc(Cl)c45)ncc23)CCN1C(=O)OC(C)(C)C.